The van der Waals surface area contributed by atoms with Crippen LogP contribution >= 0.6 is 0 Å². The maximum Gasteiger partial charge on any atom is 0.258 e. The normalized spacial score (nSPS) is 15.8. The number of rotatable bonds is 5. The van der Waals surface area contributed by atoms with E-state index in [0.717, 1.165) is 11.1 Å². The summed E-state index contributed by atoms with van der Waals surface area (Å²) in [5.41, 5.74) is 2.22. The summed E-state index contributed by atoms with van der Waals surface area (Å²) >= 11 is 0. The summed E-state index contributed by atoms with van der Waals surface area (Å²) in [5, 5.41) is 2.84. The summed E-state index contributed by atoms with van der Waals surface area (Å²) in [6, 6.07) is 12.6. The third kappa shape index (κ3) is 3.20. The molecule has 1 heterocycles. The van der Waals surface area contributed by atoms with Crippen LogP contribution in [-0.4, -0.2) is 19.6 Å². The van der Waals surface area contributed by atoms with E-state index >= 15 is 0 Å². The third-order valence-electron chi connectivity index (χ3n) is 3.60. The van der Waals surface area contributed by atoms with Crippen molar-refractivity contribution in [3.63, 3.8) is 0 Å². The minimum absolute atomic E-state index is 0.163. The number of nitrogens with one attached hydrogen (secondary N) is 1. The Morgan fingerprint density at radius 1 is 1.25 bits per heavy atom. The van der Waals surface area contributed by atoms with E-state index in [1.54, 1.807) is 37.4 Å². The van der Waals surface area contributed by atoms with Crippen LogP contribution in [0.15, 0.2) is 54.6 Å². The molecular weight excluding hydrogens is 306 g/mol. The topological polar surface area (TPSA) is 56.8 Å². The van der Waals surface area contributed by atoms with Gasteiger partial charge >= 0.3 is 0 Å². The smallest absolute Gasteiger partial charge is 0.258 e. The lowest BCUT2D eigenvalue weighted by molar-refractivity contribution is 0.0755. The molecule has 1 aliphatic rings. The lowest BCUT2D eigenvalue weighted by atomic mass is 10.1. The number of carbonyl (C=O) groups excluding carboxylic acids is 1. The Morgan fingerprint density at radius 2 is 2.04 bits per heavy atom. The van der Waals surface area contributed by atoms with Crippen molar-refractivity contribution < 1.29 is 19.0 Å². The number of amides is 1. The van der Waals surface area contributed by atoms with E-state index < -0.39 is 6.23 Å². The van der Waals surface area contributed by atoms with Gasteiger partial charge in [0.15, 0.2) is 17.7 Å². The van der Waals surface area contributed by atoms with Crippen LogP contribution in [0, 0.1) is 0 Å². The number of ether oxygens (including phenoxy) is 3. The van der Waals surface area contributed by atoms with Gasteiger partial charge < -0.3 is 19.5 Å². The molecule has 0 aromatic heterocycles. The van der Waals surface area contributed by atoms with Crippen LogP contribution in [0.3, 0.4) is 0 Å². The summed E-state index contributed by atoms with van der Waals surface area (Å²) in [4.78, 5) is 12.2. The Labute approximate surface area is 140 Å². The van der Waals surface area contributed by atoms with E-state index in [4.69, 9.17) is 14.2 Å². The Hall–Kier alpha value is -2.95. The van der Waals surface area contributed by atoms with Gasteiger partial charge in [0.2, 0.25) is 0 Å². The van der Waals surface area contributed by atoms with Gasteiger partial charge in [-0.3, -0.25) is 4.79 Å². The number of para-hydroxylation sites is 1. The molecule has 0 unspecified atom stereocenters. The fraction of sp³-hybridized carbons (Fsp3) is 0.211. The molecular formula is C19H19NO4. The van der Waals surface area contributed by atoms with Crippen molar-refractivity contribution in [1.29, 1.82) is 0 Å². The summed E-state index contributed by atoms with van der Waals surface area (Å²) in [6.45, 7) is 6.12. The first-order chi connectivity index (χ1) is 11.6. The van der Waals surface area contributed by atoms with Gasteiger partial charge in [-0.05, 0) is 42.8 Å². The molecule has 0 saturated heterocycles. The van der Waals surface area contributed by atoms with Gasteiger partial charge in [0.05, 0.1) is 12.7 Å². The Morgan fingerprint density at radius 3 is 2.79 bits per heavy atom. The van der Waals surface area contributed by atoms with E-state index in [1.807, 2.05) is 19.1 Å². The van der Waals surface area contributed by atoms with Gasteiger partial charge in [-0.15, -0.1) is 0 Å². The van der Waals surface area contributed by atoms with E-state index in [0.29, 0.717) is 29.4 Å². The molecule has 1 N–H and O–H groups in total. The molecule has 124 valence electrons. The second kappa shape index (κ2) is 6.66. The van der Waals surface area contributed by atoms with Gasteiger partial charge in [-0.25, -0.2) is 0 Å². The molecule has 5 nitrogen and oxygen atoms in total. The molecule has 2 aromatic rings. The average Bonchev–Trinajstić information content (AvgIpc) is 2.59. The van der Waals surface area contributed by atoms with Crippen molar-refractivity contribution >= 4 is 5.91 Å². The second-order valence-corrected chi connectivity index (χ2v) is 5.62. The predicted molar refractivity (Wildman–Crippen MR) is 90.6 cm³/mol. The standard InChI is InChI=1S/C19H19NO4/c1-12(2)11-23-16-9-8-13(10-17(16)22-3)19-20-18(21)14-6-4-5-7-15(14)24-19/h4-10,19H,1,11H2,2-3H3,(H,20,21)/t19-/m1/s1. The third-order valence-corrected chi connectivity index (χ3v) is 3.60. The van der Waals surface area contributed by atoms with Crippen LogP contribution in [0.4, 0.5) is 0 Å². The lowest BCUT2D eigenvalue weighted by Crippen LogP contribution is -2.36. The monoisotopic (exact) mass is 325 g/mol. The highest BCUT2D eigenvalue weighted by Gasteiger charge is 2.26. The predicted octanol–water partition coefficient (Wildman–Crippen LogP) is 3.47. The van der Waals surface area contributed by atoms with Crippen LogP contribution in [-0.2, 0) is 0 Å². The van der Waals surface area contributed by atoms with Crippen molar-refractivity contribution in [3.05, 3.63) is 65.7 Å². The SMILES string of the molecule is C=C(C)COc1ccc([C@@H]2NC(=O)c3ccccc3O2)cc1OC. The molecule has 0 fully saturated rings. The van der Waals surface area contributed by atoms with Crippen LogP contribution < -0.4 is 19.5 Å². The van der Waals surface area contributed by atoms with Gasteiger partial charge in [-0.2, -0.15) is 0 Å². The van der Waals surface area contributed by atoms with Gasteiger partial charge in [0.1, 0.15) is 12.4 Å². The van der Waals surface area contributed by atoms with E-state index in [1.165, 1.54) is 0 Å². The van der Waals surface area contributed by atoms with Crippen LogP contribution in [0.25, 0.3) is 0 Å². The zero-order chi connectivity index (χ0) is 17.1. The number of fused-ring (bicyclic) bond motifs is 1. The minimum Gasteiger partial charge on any atom is -0.493 e. The quantitative estimate of drug-likeness (QED) is 0.855. The molecule has 24 heavy (non-hydrogen) atoms. The van der Waals surface area contributed by atoms with E-state index in [-0.39, 0.29) is 5.91 Å². The number of hydrogen-bond donors (Lipinski definition) is 1. The highest BCUT2D eigenvalue weighted by atomic mass is 16.5. The summed E-state index contributed by atoms with van der Waals surface area (Å²) < 4.78 is 16.9. The van der Waals surface area contributed by atoms with Crippen molar-refractivity contribution in [3.8, 4) is 17.2 Å². The Kier molecular flexibility index (Phi) is 4.42. The first-order valence-electron chi connectivity index (χ1n) is 7.60. The summed E-state index contributed by atoms with van der Waals surface area (Å²) in [5.74, 6) is 1.59. The molecule has 5 heteroatoms. The van der Waals surface area contributed by atoms with Crippen molar-refractivity contribution in [1.82, 2.24) is 5.32 Å². The average molecular weight is 325 g/mol. The minimum atomic E-state index is -0.573. The molecule has 1 aliphatic heterocycles. The first-order valence-corrected chi connectivity index (χ1v) is 7.60. The maximum atomic E-state index is 12.2. The number of hydrogen-bond acceptors (Lipinski definition) is 4. The molecule has 1 atom stereocenters. The fourth-order valence-electron chi connectivity index (χ4n) is 2.43. The maximum absolute atomic E-state index is 12.2. The molecule has 0 radical (unpaired) electrons. The Balaban J connectivity index is 1.85. The zero-order valence-corrected chi connectivity index (χ0v) is 13.7. The fourth-order valence-corrected chi connectivity index (χ4v) is 2.43. The number of methoxy groups -OCH3 is 1. The summed E-state index contributed by atoms with van der Waals surface area (Å²) in [6.07, 6.45) is -0.573. The molecule has 0 spiro atoms. The Bertz CT molecular complexity index is 785. The highest BCUT2D eigenvalue weighted by Crippen LogP contribution is 2.34. The van der Waals surface area contributed by atoms with E-state index in [2.05, 4.69) is 11.9 Å². The largest absolute Gasteiger partial charge is 0.493 e. The molecule has 1 amide bonds. The van der Waals surface area contributed by atoms with E-state index in [9.17, 15) is 4.79 Å². The van der Waals surface area contributed by atoms with Crippen LogP contribution in [0.2, 0.25) is 0 Å². The second-order valence-electron chi connectivity index (χ2n) is 5.62. The number of benzene rings is 2. The van der Waals surface area contributed by atoms with Crippen molar-refractivity contribution in [2.45, 2.75) is 13.2 Å². The van der Waals surface area contributed by atoms with Crippen LogP contribution in [0.5, 0.6) is 17.2 Å². The van der Waals surface area contributed by atoms with Gasteiger partial charge in [0, 0.05) is 5.56 Å². The molecule has 0 aliphatic carbocycles. The van der Waals surface area contributed by atoms with Crippen molar-refractivity contribution in [2.24, 2.45) is 0 Å². The molecule has 3 rings (SSSR count). The highest BCUT2D eigenvalue weighted by molar-refractivity contribution is 5.98. The molecule has 0 bridgehead atoms. The number of carbonyl (C=O) groups is 1. The lowest BCUT2D eigenvalue weighted by Gasteiger charge is -2.27. The molecule has 0 saturated carbocycles. The first kappa shape index (κ1) is 15.9. The summed E-state index contributed by atoms with van der Waals surface area (Å²) in [7, 11) is 1.57. The van der Waals surface area contributed by atoms with Gasteiger partial charge in [-0.1, -0.05) is 18.7 Å². The van der Waals surface area contributed by atoms with Crippen molar-refractivity contribution in [2.75, 3.05) is 13.7 Å². The van der Waals surface area contributed by atoms with Gasteiger partial charge in [0.25, 0.3) is 5.91 Å². The van der Waals surface area contributed by atoms with Crippen LogP contribution in [0.1, 0.15) is 29.1 Å². The zero-order valence-electron chi connectivity index (χ0n) is 13.7. The molecule has 2 aromatic carbocycles.